The Morgan fingerprint density at radius 2 is 1.80 bits per heavy atom. The lowest BCUT2D eigenvalue weighted by atomic mass is 10.0. The molecule has 1 amide bonds. The van der Waals surface area contributed by atoms with Crippen molar-refractivity contribution in [3.63, 3.8) is 0 Å². The number of amides is 1. The fourth-order valence-electron chi connectivity index (χ4n) is 4.11. The Labute approximate surface area is 177 Å². The number of rotatable bonds is 5. The van der Waals surface area contributed by atoms with E-state index in [1.165, 1.54) is 0 Å². The summed E-state index contributed by atoms with van der Waals surface area (Å²) in [4.78, 5) is 20.1. The van der Waals surface area contributed by atoms with Crippen LogP contribution in [0.1, 0.15) is 40.6 Å². The second-order valence-electron chi connectivity index (χ2n) is 7.51. The zero-order valence-corrected chi connectivity index (χ0v) is 17.6. The molecule has 1 aliphatic heterocycles. The highest BCUT2D eigenvalue weighted by Crippen LogP contribution is 2.36. The third kappa shape index (κ3) is 3.88. The number of methoxy groups -OCH3 is 2. The minimum Gasteiger partial charge on any atom is -0.497 e. The number of hydrogen-bond donors (Lipinski definition) is 0. The molecule has 0 spiro atoms. The Kier molecular flexibility index (Phi) is 5.70. The van der Waals surface area contributed by atoms with Crippen LogP contribution >= 0.6 is 0 Å². The van der Waals surface area contributed by atoms with E-state index in [0.717, 1.165) is 35.4 Å². The van der Waals surface area contributed by atoms with Gasteiger partial charge in [0.2, 0.25) is 0 Å². The lowest BCUT2D eigenvalue weighted by Gasteiger charge is -2.26. The fourth-order valence-corrected chi connectivity index (χ4v) is 4.11. The first kappa shape index (κ1) is 20.0. The Bertz CT molecular complexity index is 1050. The standard InChI is InChI=1S/C25H26N2O3/c1-17-14-19(18-8-5-4-6-9-18)15-22(26-17)23-10-7-13-27(23)25(28)21-12-11-20(29-2)16-24(21)30-3/h4-6,8-9,11-12,14-16,23H,7,10,13H2,1-3H3. The van der Waals surface area contributed by atoms with Crippen LogP contribution in [0.5, 0.6) is 11.5 Å². The summed E-state index contributed by atoms with van der Waals surface area (Å²) in [6, 6.07) is 19.7. The molecule has 3 aromatic rings. The molecule has 0 saturated carbocycles. The summed E-state index contributed by atoms with van der Waals surface area (Å²) >= 11 is 0. The Morgan fingerprint density at radius 3 is 2.53 bits per heavy atom. The molecule has 1 aliphatic rings. The van der Waals surface area contributed by atoms with E-state index in [-0.39, 0.29) is 11.9 Å². The molecule has 5 nitrogen and oxygen atoms in total. The smallest absolute Gasteiger partial charge is 0.258 e. The number of pyridine rings is 1. The van der Waals surface area contributed by atoms with Crippen molar-refractivity contribution in [2.24, 2.45) is 0 Å². The maximum absolute atomic E-state index is 13.4. The minimum absolute atomic E-state index is 0.0402. The molecule has 0 N–H and O–H groups in total. The molecule has 1 aromatic heterocycles. The summed E-state index contributed by atoms with van der Waals surface area (Å²) < 4.78 is 10.7. The van der Waals surface area contributed by atoms with Gasteiger partial charge in [-0.25, -0.2) is 0 Å². The quantitative estimate of drug-likeness (QED) is 0.599. The van der Waals surface area contributed by atoms with Gasteiger partial charge in [0.15, 0.2) is 0 Å². The number of aromatic nitrogens is 1. The summed E-state index contributed by atoms with van der Waals surface area (Å²) in [5, 5.41) is 0. The Balaban J connectivity index is 1.68. The first-order valence-electron chi connectivity index (χ1n) is 10.2. The van der Waals surface area contributed by atoms with Gasteiger partial charge in [-0.1, -0.05) is 30.3 Å². The summed E-state index contributed by atoms with van der Waals surface area (Å²) in [6.07, 6.45) is 1.85. The highest BCUT2D eigenvalue weighted by atomic mass is 16.5. The average molecular weight is 402 g/mol. The zero-order valence-electron chi connectivity index (χ0n) is 17.6. The molecule has 154 valence electrons. The minimum atomic E-state index is -0.0494. The van der Waals surface area contributed by atoms with Crippen molar-refractivity contribution in [1.29, 1.82) is 0 Å². The number of carbonyl (C=O) groups excluding carboxylic acids is 1. The number of aryl methyl sites for hydroxylation is 1. The van der Waals surface area contributed by atoms with Gasteiger partial charge in [0.05, 0.1) is 31.5 Å². The van der Waals surface area contributed by atoms with Crippen LogP contribution in [-0.2, 0) is 0 Å². The first-order chi connectivity index (χ1) is 14.6. The molecule has 30 heavy (non-hydrogen) atoms. The van der Waals surface area contributed by atoms with Crippen molar-refractivity contribution < 1.29 is 14.3 Å². The lowest BCUT2D eigenvalue weighted by Crippen LogP contribution is -2.31. The summed E-state index contributed by atoms with van der Waals surface area (Å²) in [6.45, 7) is 2.71. The summed E-state index contributed by atoms with van der Waals surface area (Å²) in [5.74, 6) is 1.14. The van der Waals surface area contributed by atoms with E-state index in [2.05, 4.69) is 24.3 Å². The van der Waals surface area contributed by atoms with E-state index in [4.69, 9.17) is 14.5 Å². The van der Waals surface area contributed by atoms with Crippen LogP contribution in [-0.4, -0.2) is 36.6 Å². The number of hydrogen-bond acceptors (Lipinski definition) is 4. The molecule has 1 fully saturated rings. The van der Waals surface area contributed by atoms with E-state index in [1.807, 2.05) is 30.0 Å². The highest BCUT2D eigenvalue weighted by molar-refractivity contribution is 5.97. The molecule has 1 saturated heterocycles. The number of carbonyl (C=O) groups is 1. The Morgan fingerprint density at radius 1 is 1.00 bits per heavy atom. The van der Waals surface area contributed by atoms with Crippen LogP contribution in [0.4, 0.5) is 0 Å². The maximum atomic E-state index is 13.4. The largest absolute Gasteiger partial charge is 0.497 e. The van der Waals surface area contributed by atoms with Gasteiger partial charge in [0.25, 0.3) is 5.91 Å². The molecule has 2 heterocycles. The van der Waals surface area contributed by atoms with E-state index >= 15 is 0 Å². The molecule has 0 aliphatic carbocycles. The van der Waals surface area contributed by atoms with E-state index < -0.39 is 0 Å². The average Bonchev–Trinajstić information content (AvgIpc) is 3.28. The van der Waals surface area contributed by atoms with Crippen LogP contribution in [0.25, 0.3) is 11.1 Å². The van der Waals surface area contributed by atoms with E-state index in [0.29, 0.717) is 23.6 Å². The number of nitrogens with zero attached hydrogens (tertiary/aromatic N) is 2. The van der Waals surface area contributed by atoms with Gasteiger partial charge in [-0.05, 0) is 55.2 Å². The molecule has 0 radical (unpaired) electrons. The molecular weight excluding hydrogens is 376 g/mol. The second-order valence-corrected chi connectivity index (χ2v) is 7.51. The van der Waals surface area contributed by atoms with Gasteiger partial charge in [-0.3, -0.25) is 9.78 Å². The second kappa shape index (κ2) is 8.57. The van der Waals surface area contributed by atoms with Gasteiger partial charge in [0, 0.05) is 18.3 Å². The van der Waals surface area contributed by atoms with Crippen molar-refractivity contribution >= 4 is 5.91 Å². The van der Waals surface area contributed by atoms with Crippen LogP contribution in [0.3, 0.4) is 0 Å². The molecule has 1 atom stereocenters. The number of likely N-dealkylation sites (tertiary alicyclic amines) is 1. The highest BCUT2D eigenvalue weighted by Gasteiger charge is 2.33. The van der Waals surface area contributed by atoms with Crippen LogP contribution in [0.15, 0.2) is 60.7 Å². The van der Waals surface area contributed by atoms with E-state index in [9.17, 15) is 4.79 Å². The van der Waals surface area contributed by atoms with Gasteiger partial charge in [-0.2, -0.15) is 0 Å². The van der Waals surface area contributed by atoms with Crippen molar-refractivity contribution in [2.45, 2.75) is 25.8 Å². The molecule has 4 rings (SSSR count). The van der Waals surface area contributed by atoms with Gasteiger partial charge in [0.1, 0.15) is 11.5 Å². The van der Waals surface area contributed by atoms with Crippen LogP contribution < -0.4 is 9.47 Å². The van der Waals surface area contributed by atoms with Crippen molar-refractivity contribution in [3.8, 4) is 22.6 Å². The van der Waals surface area contributed by atoms with Gasteiger partial charge in [-0.15, -0.1) is 0 Å². The predicted octanol–water partition coefficient (Wildman–Crippen LogP) is 5.05. The number of benzene rings is 2. The zero-order chi connectivity index (χ0) is 21.1. The SMILES string of the molecule is COc1ccc(C(=O)N2CCCC2c2cc(-c3ccccc3)cc(C)n2)c(OC)c1. The lowest BCUT2D eigenvalue weighted by molar-refractivity contribution is 0.0729. The molecule has 5 heteroatoms. The molecule has 2 aromatic carbocycles. The third-order valence-electron chi connectivity index (χ3n) is 5.57. The summed E-state index contributed by atoms with van der Waals surface area (Å²) in [5.41, 5.74) is 4.71. The molecule has 1 unspecified atom stereocenters. The van der Waals surface area contributed by atoms with Gasteiger partial charge < -0.3 is 14.4 Å². The molecule has 0 bridgehead atoms. The van der Waals surface area contributed by atoms with E-state index in [1.54, 1.807) is 32.4 Å². The fraction of sp³-hybridized carbons (Fsp3) is 0.280. The number of ether oxygens (including phenoxy) is 2. The topological polar surface area (TPSA) is 51.7 Å². The van der Waals surface area contributed by atoms with Gasteiger partial charge >= 0.3 is 0 Å². The maximum Gasteiger partial charge on any atom is 0.258 e. The third-order valence-corrected chi connectivity index (χ3v) is 5.57. The monoisotopic (exact) mass is 402 g/mol. The Hall–Kier alpha value is -3.34. The van der Waals surface area contributed by atoms with Crippen LogP contribution in [0.2, 0.25) is 0 Å². The molecular formula is C25H26N2O3. The predicted molar refractivity (Wildman–Crippen MR) is 117 cm³/mol. The van der Waals surface area contributed by atoms with Crippen molar-refractivity contribution in [1.82, 2.24) is 9.88 Å². The summed E-state index contributed by atoms with van der Waals surface area (Å²) in [7, 11) is 3.17. The first-order valence-corrected chi connectivity index (χ1v) is 10.2. The normalized spacial score (nSPS) is 15.8. The van der Waals surface area contributed by atoms with Crippen molar-refractivity contribution in [3.05, 3.63) is 77.6 Å². The van der Waals surface area contributed by atoms with Crippen LogP contribution in [0, 0.1) is 6.92 Å². The van der Waals surface area contributed by atoms with Crippen molar-refractivity contribution in [2.75, 3.05) is 20.8 Å².